The van der Waals surface area contributed by atoms with Gasteiger partial charge in [0.05, 0.1) is 38.4 Å². The van der Waals surface area contributed by atoms with E-state index < -0.39 is 8.53 Å². The zero-order valence-corrected chi connectivity index (χ0v) is 18.6. The van der Waals surface area contributed by atoms with Crippen molar-refractivity contribution in [3.05, 3.63) is 23.0 Å². The van der Waals surface area contributed by atoms with Crippen LogP contribution in [0.2, 0.25) is 0 Å². The van der Waals surface area contributed by atoms with Crippen LogP contribution < -0.4 is 10.9 Å². The molecule has 12 heteroatoms. The molecule has 0 aliphatic carbocycles. The molecule has 0 aliphatic heterocycles. The molecule has 1 unspecified atom stereocenters. The third-order valence-corrected chi connectivity index (χ3v) is 6.12. The maximum atomic E-state index is 12.2. The molecule has 164 valence electrons. The quantitative estimate of drug-likeness (QED) is 0.377. The van der Waals surface area contributed by atoms with Gasteiger partial charge in [-0.15, -0.1) is 0 Å². The molecule has 0 aliphatic rings. The summed E-state index contributed by atoms with van der Waals surface area (Å²) < 4.78 is 15.3. The van der Waals surface area contributed by atoms with Crippen molar-refractivity contribution in [2.75, 3.05) is 19.8 Å². The number of imidazole rings is 1. The highest BCUT2D eigenvalue weighted by Gasteiger charge is 2.27. The number of nitriles is 1. The monoisotopic (exact) mass is 437 g/mol. The summed E-state index contributed by atoms with van der Waals surface area (Å²) in [6.07, 6.45) is 2.98. The first kappa shape index (κ1) is 23.9. The SMILES string of the molecule is CC(C)N(C(C)C)P(OCCC#N)OCCNC(=O)Cn1cnc2c(=O)[nH]cnc21. The summed E-state index contributed by atoms with van der Waals surface area (Å²) in [5.74, 6) is -0.251. The second-order valence-corrected chi connectivity index (χ2v) is 8.46. The summed E-state index contributed by atoms with van der Waals surface area (Å²) in [5, 5.41) is 11.5. The minimum absolute atomic E-state index is 0.00943. The topological polar surface area (TPSA) is 138 Å². The number of hydrogen-bond donors (Lipinski definition) is 2. The maximum Gasteiger partial charge on any atom is 0.278 e. The summed E-state index contributed by atoms with van der Waals surface area (Å²) in [6.45, 7) is 9.08. The summed E-state index contributed by atoms with van der Waals surface area (Å²) in [7, 11) is -1.35. The van der Waals surface area contributed by atoms with Gasteiger partial charge in [-0.2, -0.15) is 5.26 Å². The number of aromatic amines is 1. The molecule has 0 saturated heterocycles. The predicted molar refractivity (Wildman–Crippen MR) is 112 cm³/mol. The molecule has 0 bridgehead atoms. The molecule has 2 N–H and O–H groups in total. The first-order valence-corrected chi connectivity index (χ1v) is 10.8. The number of aromatic nitrogens is 4. The minimum atomic E-state index is -1.35. The van der Waals surface area contributed by atoms with Crippen LogP contribution in [-0.2, 0) is 20.4 Å². The van der Waals surface area contributed by atoms with E-state index in [1.807, 2.05) is 0 Å². The predicted octanol–water partition coefficient (Wildman–Crippen LogP) is 1.53. The Morgan fingerprint density at radius 2 is 2.00 bits per heavy atom. The van der Waals surface area contributed by atoms with E-state index >= 15 is 0 Å². The van der Waals surface area contributed by atoms with Crippen molar-refractivity contribution >= 4 is 25.6 Å². The highest BCUT2D eigenvalue weighted by molar-refractivity contribution is 7.44. The Kier molecular flexibility index (Phi) is 9.33. The molecule has 0 fully saturated rings. The fourth-order valence-corrected chi connectivity index (χ4v) is 4.44. The Morgan fingerprint density at radius 1 is 1.30 bits per heavy atom. The second kappa shape index (κ2) is 11.7. The average molecular weight is 437 g/mol. The lowest BCUT2D eigenvalue weighted by Gasteiger charge is -2.35. The molecular formula is C18H28N7O4P. The molecular weight excluding hydrogens is 409 g/mol. The van der Waals surface area contributed by atoms with E-state index in [1.54, 1.807) is 0 Å². The Bertz CT molecular complexity index is 913. The van der Waals surface area contributed by atoms with E-state index in [4.69, 9.17) is 14.3 Å². The molecule has 1 atom stereocenters. The highest BCUT2D eigenvalue weighted by atomic mass is 31.2. The molecule has 2 rings (SSSR count). The van der Waals surface area contributed by atoms with Crippen LogP contribution in [0.1, 0.15) is 34.1 Å². The van der Waals surface area contributed by atoms with Crippen LogP contribution in [-0.4, -0.2) is 61.9 Å². The molecule has 2 aromatic rings. The number of amides is 1. The molecule has 0 spiro atoms. The molecule has 11 nitrogen and oxygen atoms in total. The fourth-order valence-electron chi connectivity index (χ4n) is 2.85. The molecule has 2 aromatic heterocycles. The Hall–Kier alpha value is -2.38. The van der Waals surface area contributed by atoms with E-state index in [-0.39, 0.29) is 42.2 Å². The van der Waals surface area contributed by atoms with E-state index in [0.29, 0.717) is 25.2 Å². The number of fused-ring (bicyclic) bond motifs is 1. The van der Waals surface area contributed by atoms with Crippen LogP contribution in [0.25, 0.3) is 11.2 Å². The smallest absolute Gasteiger partial charge is 0.278 e. The number of rotatable bonds is 12. The zero-order valence-electron chi connectivity index (χ0n) is 17.7. The van der Waals surface area contributed by atoms with Gasteiger partial charge in [0.25, 0.3) is 14.1 Å². The number of hydrogen-bond acceptors (Lipinski definition) is 8. The van der Waals surface area contributed by atoms with Crippen LogP contribution >= 0.6 is 8.53 Å². The number of H-pyrrole nitrogens is 1. The average Bonchev–Trinajstić information content (AvgIpc) is 3.08. The van der Waals surface area contributed by atoms with Gasteiger partial charge in [0.1, 0.15) is 6.54 Å². The number of nitrogens with one attached hydrogen (secondary N) is 2. The molecule has 2 heterocycles. The lowest BCUT2D eigenvalue weighted by Crippen LogP contribution is -2.35. The van der Waals surface area contributed by atoms with E-state index in [9.17, 15) is 9.59 Å². The summed E-state index contributed by atoms with van der Waals surface area (Å²) >= 11 is 0. The van der Waals surface area contributed by atoms with E-state index in [1.165, 1.54) is 17.2 Å². The van der Waals surface area contributed by atoms with Crippen molar-refractivity contribution in [1.29, 1.82) is 5.26 Å². The first-order chi connectivity index (χ1) is 14.3. The van der Waals surface area contributed by atoms with Crippen molar-refractivity contribution in [2.24, 2.45) is 0 Å². The minimum Gasteiger partial charge on any atom is -0.352 e. The summed E-state index contributed by atoms with van der Waals surface area (Å²) in [5.41, 5.74) is 0.192. The lowest BCUT2D eigenvalue weighted by atomic mass is 10.3. The summed E-state index contributed by atoms with van der Waals surface area (Å²) in [6, 6.07) is 2.47. The third kappa shape index (κ3) is 6.57. The molecule has 0 radical (unpaired) electrons. The highest BCUT2D eigenvalue weighted by Crippen LogP contribution is 2.45. The van der Waals surface area contributed by atoms with Crippen LogP contribution in [0.5, 0.6) is 0 Å². The van der Waals surface area contributed by atoms with Crippen molar-refractivity contribution in [2.45, 2.75) is 52.7 Å². The Balaban J connectivity index is 1.86. The van der Waals surface area contributed by atoms with Gasteiger partial charge in [-0.05, 0) is 27.7 Å². The first-order valence-electron chi connectivity index (χ1n) is 9.71. The molecule has 0 aromatic carbocycles. The van der Waals surface area contributed by atoms with Gasteiger partial charge in [0, 0.05) is 18.6 Å². The Labute approximate surface area is 176 Å². The van der Waals surface area contributed by atoms with E-state index in [0.717, 1.165) is 0 Å². The van der Waals surface area contributed by atoms with Crippen molar-refractivity contribution in [3.8, 4) is 6.07 Å². The molecule has 0 saturated carbocycles. The number of nitrogens with zero attached hydrogens (tertiary/aromatic N) is 5. The molecule has 30 heavy (non-hydrogen) atoms. The van der Waals surface area contributed by atoms with Crippen LogP contribution in [0, 0.1) is 11.3 Å². The van der Waals surface area contributed by atoms with Gasteiger partial charge in [0.15, 0.2) is 11.2 Å². The van der Waals surface area contributed by atoms with Gasteiger partial charge in [-0.25, -0.2) is 14.6 Å². The number of carbonyl (C=O) groups excluding carboxylic acids is 1. The van der Waals surface area contributed by atoms with Gasteiger partial charge < -0.3 is 23.9 Å². The second-order valence-electron chi connectivity index (χ2n) is 7.01. The van der Waals surface area contributed by atoms with Crippen LogP contribution in [0.15, 0.2) is 17.4 Å². The van der Waals surface area contributed by atoms with Crippen LogP contribution in [0.4, 0.5) is 0 Å². The number of carbonyl (C=O) groups is 1. The third-order valence-electron chi connectivity index (χ3n) is 4.01. The lowest BCUT2D eigenvalue weighted by molar-refractivity contribution is -0.121. The van der Waals surface area contributed by atoms with Gasteiger partial charge in [-0.1, -0.05) is 0 Å². The van der Waals surface area contributed by atoms with Crippen LogP contribution in [0.3, 0.4) is 0 Å². The zero-order chi connectivity index (χ0) is 22.1. The van der Waals surface area contributed by atoms with Crippen molar-refractivity contribution in [1.82, 2.24) is 29.5 Å². The standard InChI is InChI=1S/C18H28N7O4P/c1-13(2)25(14(3)4)30(28-8-5-6-19)29-9-7-20-15(26)10-24-12-23-16-17(24)21-11-22-18(16)27/h11-14H,5,7-10H2,1-4H3,(H,20,26)(H,21,22,27). The van der Waals surface area contributed by atoms with Crippen molar-refractivity contribution < 1.29 is 13.8 Å². The van der Waals surface area contributed by atoms with Crippen molar-refractivity contribution in [3.63, 3.8) is 0 Å². The van der Waals surface area contributed by atoms with Gasteiger partial charge >= 0.3 is 0 Å². The maximum absolute atomic E-state index is 12.2. The summed E-state index contributed by atoms with van der Waals surface area (Å²) in [4.78, 5) is 34.4. The largest absolute Gasteiger partial charge is 0.352 e. The normalized spacial score (nSPS) is 12.6. The Morgan fingerprint density at radius 3 is 2.67 bits per heavy atom. The molecule has 1 amide bonds. The fraction of sp³-hybridized carbons (Fsp3) is 0.611. The van der Waals surface area contributed by atoms with Gasteiger partial charge in [-0.3, -0.25) is 9.59 Å². The van der Waals surface area contributed by atoms with E-state index in [2.05, 4.69) is 58.7 Å². The van der Waals surface area contributed by atoms with Gasteiger partial charge in [0.2, 0.25) is 5.91 Å².